The van der Waals surface area contributed by atoms with E-state index in [1.54, 1.807) is 22.6 Å². The van der Waals surface area contributed by atoms with Gasteiger partial charge in [-0.1, -0.05) is 0 Å². The van der Waals surface area contributed by atoms with Crippen molar-refractivity contribution in [3.63, 3.8) is 0 Å². The van der Waals surface area contributed by atoms with Crippen molar-refractivity contribution in [3.8, 4) is 0 Å². The molecule has 1 heterocycles. The summed E-state index contributed by atoms with van der Waals surface area (Å²) in [7, 11) is 0. The molecular weight excluding hydrogens is 331 g/mol. The van der Waals surface area contributed by atoms with Crippen molar-refractivity contribution < 1.29 is 18.3 Å². The zero-order valence-electron chi connectivity index (χ0n) is 8.10. The van der Waals surface area contributed by atoms with Crippen LogP contribution in [0.15, 0.2) is 12.1 Å². The zero-order chi connectivity index (χ0) is 11.7. The van der Waals surface area contributed by atoms with Crippen molar-refractivity contribution in [2.24, 2.45) is 0 Å². The third-order valence-corrected chi connectivity index (χ3v) is 3.05. The Kier molecular flexibility index (Phi) is 3.38. The second-order valence-corrected chi connectivity index (χ2v) is 4.62. The lowest BCUT2D eigenvalue weighted by atomic mass is 10.1. The first kappa shape index (κ1) is 11.7. The molecule has 1 aromatic carbocycles. The molecule has 0 spiro atoms. The molecule has 1 amide bonds. The highest BCUT2D eigenvalue weighted by Gasteiger charge is 2.23. The standard InChI is InChI=1S/C10H8F2INO2/c11-7-2-8(12)9(13)1-6(7)10(15)14-5-3-16-4-5/h1-2,5H,3-4H2,(H,14,15). The molecule has 1 aliphatic rings. The normalized spacial score (nSPS) is 15.7. The van der Waals surface area contributed by atoms with E-state index in [-0.39, 0.29) is 15.2 Å². The predicted molar refractivity (Wildman–Crippen MR) is 61.1 cm³/mol. The minimum Gasteiger partial charge on any atom is -0.377 e. The number of hydrogen-bond acceptors (Lipinski definition) is 2. The minimum absolute atomic E-state index is 0.0744. The van der Waals surface area contributed by atoms with Crippen LogP contribution in [0.4, 0.5) is 8.78 Å². The Morgan fingerprint density at radius 1 is 1.38 bits per heavy atom. The number of amides is 1. The van der Waals surface area contributed by atoms with Crippen LogP contribution in [0.5, 0.6) is 0 Å². The quantitative estimate of drug-likeness (QED) is 0.658. The molecule has 0 saturated carbocycles. The maximum Gasteiger partial charge on any atom is 0.254 e. The smallest absolute Gasteiger partial charge is 0.254 e. The summed E-state index contributed by atoms with van der Waals surface area (Å²) in [6.45, 7) is 0.872. The summed E-state index contributed by atoms with van der Waals surface area (Å²) in [4.78, 5) is 11.6. The van der Waals surface area contributed by atoms with E-state index in [4.69, 9.17) is 4.74 Å². The van der Waals surface area contributed by atoms with Gasteiger partial charge in [-0.3, -0.25) is 4.79 Å². The van der Waals surface area contributed by atoms with Gasteiger partial charge in [-0.25, -0.2) is 8.78 Å². The monoisotopic (exact) mass is 339 g/mol. The van der Waals surface area contributed by atoms with Gasteiger partial charge in [0.2, 0.25) is 0 Å². The second kappa shape index (κ2) is 4.62. The van der Waals surface area contributed by atoms with E-state index < -0.39 is 17.5 Å². The molecule has 0 aromatic heterocycles. The predicted octanol–water partition coefficient (Wildman–Crippen LogP) is 1.70. The van der Waals surface area contributed by atoms with Gasteiger partial charge in [0.05, 0.1) is 24.8 Å². The molecule has 6 heteroatoms. The molecule has 0 bridgehead atoms. The summed E-state index contributed by atoms with van der Waals surface area (Å²) >= 11 is 1.71. The topological polar surface area (TPSA) is 38.3 Å². The fourth-order valence-electron chi connectivity index (χ4n) is 1.28. The molecular formula is C10H8F2INO2. The molecule has 0 radical (unpaired) electrons. The number of nitrogens with one attached hydrogen (secondary N) is 1. The van der Waals surface area contributed by atoms with Crippen molar-refractivity contribution in [1.29, 1.82) is 0 Å². The fraction of sp³-hybridized carbons (Fsp3) is 0.300. The summed E-state index contributed by atoms with van der Waals surface area (Å²) in [5.74, 6) is -2.05. The van der Waals surface area contributed by atoms with Crippen molar-refractivity contribution in [2.75, 3.05) is 13.2 Å². The van der Waals surface area contributed by atoms with Crippen LogP contribution in [0.2, 0.25) is 0 Å². The van der Waals surface area contributed by atoms with Gasteiger partial charge in [0.15, 0.2) is 0 Å². The zero-order valence-corrected chi connectivity index (χ0v) is 10.3. The third-order valence-electron chi connectivity index (χ3n) is 2.23. The van der Waals surface area contributed by atoms with Crippen molar-refractivity contribution in [3.05, 3.63) is 32.9 Å². The van der Waals surface area contributed by atoms with Crippen LogP contribution in [0, 0.1) is 15.2 Å². The van der Waals surface area contributed by atoms with Gasteiger partial charge in [0.25, 0.3) is 5.91 Å². The number of rotatable bonds is 2. The van der Waals surface area contributed by atoms with E-state index >= 15 is 0 Å². The van der Waals surface area contributed by atoms with Crippen molar-refractivity contribution >= 4 is 28.5 Å². The molecule has 2 rings (SSSR count). The van der Waals surface area contributed by atoms with E-state index in [0.29, 0.717) is 19.3 Å². The van der Waals surface area contributed by atoms with E-state index in [1.165, 1.54) is 6.07 Å². The van der Waals surface area contributed by atoms with Crippen LogP contribution in [-0.2, 0) is 4.74 Å². The van der Waals surface area contributed by atoms with E-state index in [2.05, 4.69) is 5.32 Å². The summed E-state index contributed by atoms with van der Waals surface area (Å²) in [5, 5.41) is 2.59. The summed E-state index contributed by atoms with van der Waals surface area (Å²) in [6.07, 6.45) is 0. The molecule has 0 unspecified atom stereocenters. The molecule has 86 valence electrons. The van der Waals surface area contributed by atoms with Crippen LogP contribution in [-0.4, -0.2) is 25.2 Å². The molecule has 3 nitrogen and oxygen atoms in total. The number of benzene rings is 1. The fourth-order valence-corrected chi connectivity index (χ4v) is 1.75. The molecule has 1 aromatic rings. The molecule has 16 heavy (non-hydrogen) atoms. The van der Waals surface area contributed by atoms with Crippen molar-refractivity contribution in [1.82, 2.24) is 5.32 Å². The van der Waals surface area contributed by atoms with Crippen LogP contribution in [0.1, 0.15) is 10.4 Å². The van der Waals surface area contributed by atoms with Crippen LogP contribution >= 0.6 is 22.6 Å². The second-order valence-electron chi connectivity index (χ2n) is 3.45. The Bertz CT molecular complexity index is 435. The third kappa shape index (κ3) is 2.32. The Balaban J connectivity index is 2.18. The lowest BCUT2D eigenvalue weighted by molar-refractivity contribution is -0.00353. The van der Waals surface area contributed by atoms with Gasteiger partial charge in [-0.05, 0) is 28.7 Å². The molecule has 1 saturated heterocycles. The average Bonchev–Trinajstić information content (AvgIpc) is 2.17. The van der Waals surface area contributed by atoms with E-state index in [1.807, 2.05) is 0 Å². The average molecular weight is 339 g/mol. The Morgan fingerprint density at radius 3 is 2.62 bits per heavy atom. The minimum atomic E-state index is -0.851. The van der Waals surface area contributed by atoms with Gasteiger partial charge >= 0.3 is 0 Å². The number of carbonyl (C=O) groups excluding carboxylic acids is 1. The highest BCUT2D eigenvalue weighted by molar-refractivity contribution is 14.1. The van der Waals surface area contributed by atoms with Gasteiger partial charge < -0.3 is 10.1 Å². The number of halogens is 3. The number of hydrogen-bond donors (Lipinski definition) is 1. The molecule has 1 fully saturated rings. The summed E-state index contributed by atoms with van der Waals surface area (Å²) < 4.78 is 31.4. The van der Waals surface area contributed by atoms with Gasteiger partial charge in [-0.15, -0.1) is 0 Å². The first-order chi connectivity index (χ1) is 7.58. The summed E-state index contributed by atoms with van der Waals surface area (Å²) in [5.41, 5.74) is -0.141. The Morgan fingerprint density at radius 2 is 2.06 bits per heavy atom. The molecule has 1 aliphatic heterocycles. The first-order valence-corrected chi connectivity index (χ1v) is 5.69. The largest absolute Gasteiger partial charge is 0.377 e. The number of carbonyl (C=O) groups is 1. The molecule has 0 aliphatic carbocycles. The lowest BCUT2D eigenvalue weighted by Crippen LogP contribution is -2.48. The van der Waals surface area contributed by atoms with Gasteiger partial charge in [0.1, 0.15) is 11.6 Å². The van der Waals surface area contributed by atoms with Crippen molar-refractivity contribution in [2.45, 2.75) is 6.04 Å². The Hall–Kier alpha value is -0.760. The van der Waals surface area contributed by atoms with Crippen LogP contribution in [0.3, 0.4) is 0 Å². The van der Waals surface area contributed by atoms with E-state index in [0.717, 1.165) is 0 Å². The van der Waals surface area contributed by atoms with Gasteiger partial charge in [-0.2, -0.15) is 0 Å². The molecule has 1 N–H and O–H groups in total. The highest BCUT2D eigenvalue weighted by Crippen LogP contribution is 2.17. The number of ether oxygens (including phenoxy) is 1. The van der Waals surface area contributed by atoms with Gasteiger partial charge in [0, 0.05) is 9.64 Å². The Labute approximate surface area is 104 Å². The van der Waals surface area contributed by atoms with Crippen LogP contribution < -0.4 is 5.32 Å². The lowest BCUT2D eigenvalue weighted by Gasteiger charge is -2.26. The maximum absolute atomic E-state index is 13.3. The van der Waals surface area contributed by atoms with E-state index in [9.17, 15) is 13.6 Å². The molecule has 0 atom stereocenters. The first-order valence-electron chi connectivity index (χ1n) is 4.61. The summed E-state index contributed by atoms with van der Waals surface area (Å²) in [6, 6.07) is 1.84. The SMILES string of the molecule is O=C(NC1COC1)c1cc(I)c(F)cc1F. The highest BCUT2D eigenvalue weighted by atomic mass is 127. The maximum atomic E-state index is 13.3. The van der Waals surface area contributed by atoms with Crippen LogP contribution in [0.25, 0.3) is 0 Å².